The summed E-state index contributed by atoms with van der Waals surface area (Å²) in [5, 5.41) is 0. The van der Waals surface area contributed by atoms with E-state index in [1.807, 2.05) is 0 Å². The van der Waals surface area contributed by atoms with Gasteiger partial charge in [-0.2, -0.15) is 0 Å². The van der Waals surface area contributed by atoms with Gasteiger partial charge in [-0.15, -0.1) is 0 Å². The van der Waals surface area contributed by atoms with Gasteiger partial charge in [0.15, 0.2) is 16.4 Å². The summed E-state index contributed by atoms with van der Waals surface area (Å²) in [6.45, 7) is 2.12. The molecule has 106 valence electrons. The maximum absolute atomic E-state index is 14.2. The number of nitrogens with one attached hydrogen (secondary N) is 1. The third kappa shape index (κ3) is 1.61. The third-order valence-electron chi connectivity index (χ3n) is 4.67. The number of aromatic nitrogens is 2. The Morgan fingerprint density at radius 1 is 1.15 bits per heavy atom. The van der Waals surface area contributed by atoms with Crippen LogP contribution in [0.15, 0.2) is 12.1 Å². The van der Waals surface area contributed by atoms with Crippen molar-refractivity contribution in [3.63, 3.8) is 0 Å². The number of halogens is 2. The van der Waals surface area contributed by atoms with Gasteiger partial charge in [0, 0.05) is 12.6 Å². The Hall–Kier alpha value is -1.27. The predicted molar refractivity (Wildman–Crippen MR) is 75.3 cm³/mol. The first kappa shape index (κ1) is 12.5. The summed E-state index contributed by atoms with van der Waals surface area (Å²) in [6.07, 6.45) is 3.23. The average Bonchev–Trinajstić information content (AvgIpc) is 3.08. The molecule has 2 aliphatic heterocycles. The van der Waals surface area contributed by atoms with E-state index in [-0.39, 0.29) is 11.6 Å². The number of benzene rings is 1. The minimum Gasteiger partial charge on any atom is -0.330 e. The van der Waals surface area contributed by atoms with Gasteiger partial charge in [0.05, 0.1) is 11.6 Å². The minimum atomic E-state index is -0.818. The zero-order valence-corrected chi connectivity index (χ0v) is 11.7. The van der Waals surface area contributed by atoms with Crippen molar-refractivity contribution < 1.29 is 8.78 Å². The Labute approximate surface area is 120 Å². The van der Waals surface area contributed by atoms with Crippen LogP contribution in [0.25, 0.3) is 11.0 Å². The summed E-state index contributed by atoms with van der Waals surface area (Å²) in [4.78, 5) is 5.44. The summed E-state index contributed by atoms with van der Waals surface area (Å²) in [6, 6.07) is 3.25. The summed E-state index contributed by atoms with van der Waals surface area (Å²) in [7, 11) is 0. The normalized spacial score (nSPS) is 26.5. The molecule has 0 amide bonds. The van der Waals surface area contributed by atoms with E-state index in [1.165, 1.54) is 6.42 Å². The smallest absolute Gasteiger partial charge is 0.184 e. The molecule has 1 aromatic carbocycles. The van der Waals surface area contributed by atoms with Crippen LogP contribution in [0.3, 0.4) is 0 Å². The predicted octanol–water partition coefficient (Wildman–Crippen LogP) is 3.39. The fourth-order valence-corrected chi connectivity index (χ4v) is 4.16. The van der Waals surface area contributed by atoms with Gasteiger partial charge in [-0.1, -0.05) is 0 Å². The maximum Gasteiger partial charge on any atom is 0.184 e. The van der Waals surface area contributed by atoms with Gasteiger partial charge in [-0.25, -0.2) is 8.78 Å². The number of rotatable bonds is 1. The molecule has 0 aliphatic carbocycles. The van der Waals surface area contributed by atoms with E-state index < -0.39 is 11.6 Å². The zero-order valence-electron chi connectivity index (χ0n) is 10.9. The standard InChI is InChI=1S/C14H15F2N3S/c15-8-3-4-9-13(12(8)16)19(14(20)17-9)11-5-7-18-6-1-2-10(11)18/h3-4,10-11H,1-2,5-7H2,(H,17,20). The number of hydrogen-bond acceptors (Lipinski definition) is 2. The first-order valence-electron chi connectivity index (χ1n) is 6.99. The molecular formula is C14H15F2N3S. The van der Waals surface area contributed by atoms with E-state index in [1.54, 1.807) is 10.6 Å². The summed E-state index contributed by atoms with van der Waals surface area (Å²) in [5.74, 6) is -1.62. The molecular weight excluding hydrogens is 280 g/mol. The topological polar surface area (TPSA) is 24.0 Å². The first-order chi connectivity index (χ1) is 9.66. The highest BCUT2D eigenvalue weighted by Crippen LogP contribution is 2.38. The van der Waals surface area contributed by atoms with Gasteiger partial charge < -0.3 is 9.55 Å². The monoisotopic (exact) mass is 295 g/mol. The number of hydrogen-bond donors (Lipinski definition) is 1. The lowest BCUT2D eigenvalue weighted by atomic mass is 10.1. The van der Waals surface area contributed by atoms with Crippen molar-refractivity contribution >= 4 is 23.3 Å². The number of imidazole rings is 1. The number of H-pyrrole nitrogens is 1. The largest absolute Gasteiger partial charge is 0.330 e. The van der Waals surface area contributed by atoms with Crippen LogP contribution in [0.4, 0.5) is 8.78 Å². The van der Waals surface area contributed by atoms with Gasteiger partial charge in [0.25, 0.3) is 0 Å². The zero-order chi connectivity index (χ0) is 13.9. The molecule has 2 aliphatic rings. The molecule has 1 aromatic heterocycles. The Morgan fingerprint density at radius 3 is 2.85 bits per heavy atom. The Kier molecular flexibility index (Phi) is 2.72. The molecule has 2 unspecified atom stereocenters. The molecule has 4 rings (SSSR count). The quantitative estimate of drug-likeness (QED) is 0.815. The summed E-state index contributed by atoms with van der Waals surface area (Å²) < 4.78 is 30.0. The van der Waals surface area contributed by atoms with Crippen LogP contribution in [0.1, 0.15) is 25.3 Å². The SMILES string of the molecule is Fc1ccc2[nH]c(=S)n(C3CCN4CCCC34)c2c1F. The molecule has 0 bridgehead atoms. The van der Waals surface area contributed by atoms with Gasteiger partial charge >= 0.3 is 0 Å². The van der Waals surface area contributed by atoms with E-state index in [0.29, 0.717) is 16.3 Å². The number of nitrogens with zero attached hydrogens (tertiary/aromatic N) is 2. The Bertz CT molecular complexity index is 736. The van der Waals surface area contributed by atoms with Gasteiger partial charge in [-0.3, -0.25) is 4.90 Å². The van der Waals surface area contributed by atoms with Crippen molar-refractivity contribution in [1.29, 1.82) is 0 Å². The van der Waals surface area contributed by atoms with Crippen molar-refractivity contribution in [3.05, 3.63) is 28.5 Å². The molecule has 1 N–H and O–H groups in total. The lowest BCUT2D eigenvalue weighted by Gasteiger charge is -2.22. The van der Waals surface area contributed by atoms with Crippen LogP contribution < -0.4 is 0 Å². The van der Waals surface area contributed by atoms with Crippen LogP contribution in [-0.4, -0.2) is 33.6 Å². The van der Waals surface area contributed by atoms with Crippen LogP contribution in [-0.2, 0) is 0 Å². The van der Waals surface area contributed by atoms with E-state index in [4.69, 9.17) is 12.2 Å². The second-order valence-corrected chi connectivity index (χ2v) is 6.05. The molecule has 6 heteroatoms. The van der Waals surface area contributed by atoms with Gasteiger partial charge in [0.1, 0.15) is 5.52 Å². The lowest BCUT2D eigenvalue weighted by molar-refractivity contribution is 0.291. The minimum absolute atomic E-state index is 0.148. The molecule has 0 saturated carbocycles. The highest BCUT2D eigenvalue weighted by atomic mass is 32.1. The van der Waals surface area contributed by atoms with E-state index in [2.05, 4.69) is 9.88 Å². The average molecular weight is 295 g/mol. The number of fused-ring (bicyclic) bond motifs is 2. The van der Waals surface area contributed by atoms with E-state index >= 15 is 0 Å². The summed E-state index contributed by atoms with van der Waals surface area (Å²) >= 11 is 5.35. The van der Waals surface area contributed by atoms with Crippen LogP contribution in [0.5, 0.6) is 0 Å². The summed E-state index contributed by atoms with van der Waals surface area (Å²) in [5.41, 5.74) is 0.860. The van der Waals surface area contributed by atoms with Gasteiger partial charge in [0.2, 0.25) is 0 Å². The van der Waals surface area contributed by atoms with Crippen LogP contribution in [0.2, 0.25) is 0 Å². The molecule has 3 nitrogen and oxygen atoms in total. The molecule has 0 radical (unpaired) electrons. The van der Waals surface area contributed by atoms with E-state index in [0.717, 1.165) is 32.0 Å². The molecule has 20 heavy (non-hydrogen) atoms. The second-order valence-electron chi connectivity index (χ2n) is 5.66. The van der Waals surface area contributed by atoms with Crippen LogP contribution >= 0.6 is 12.2 Å². The van der Waals surface area contributed by atoms with E-state index in [9.17, 15) is 8.78 Å². The van der Waals surface area contributed by atoms with Gasteiger partial charge in [-0.05, 0) is 50.2 Å². The molecule has 2 atom stereocenters. The van der Waals surface area contributed by atoms with Crippen molar-refractivity contribution in [2.75, 3.05) is 13.1 Å². The number of aromatic amines is 1. The molecule has 2 aromatic rings. The lowest BCUT2D eigenvalue weighted by Crippen LogP contribution is -2.27. The Balaban J connectivity index is 1.93. The Morgan fingerprint density at radius 2 is 2.00 bits per heavy atom. The highest BCUT2D eigenvalue weighted by Gasteiger charge is 2.39. The molecule has 2 saturated heterocycles. The fraction of sp³-hybridized carbons (Fsp3) is 0.500. The molecule has 0 spiro atoms. The molecule has 2 fully saturated rings. The van der Waals surface area contributed by atoms with Crippen molar-refractivity contribution in [2.24, 2.45) is 0 Å². The van der Waals surface area contributed by atoms with Crippen LogP contribution in [0, 0.1) is 16.4 Å². The first-order valence-corrected chi connectivity index (χ1v) is 7.40. The fourth-order valence-electron chi connectivity index (χ4n) is 3.83. The third-order valence-corrected chi connectivity index (χ3v) is 4.97. The van der Waals surface area contributed by atoms with Crippen molar-refractivity contribution in [2.45, 2.75) is 31.3 Å². The van der Waals surface area contributed by atoms with Crippen molar-refractivity contribution in [1.82, 2.24) is 14.5 Å². The maximum atomic E-state index is 14.2. The highest BCUT2D eigenvalue weighted by molar-refractivity contribution is 7.71. The van der Waals surface area contributed by atoms with Crippen molar-refractivity contribution in [3.8, 4) is 0 Å². The molecule has 3 heterocycles. The second kappa shape index (κ2) is 4.36.